The summed E-state index contributed by atoms with van der Waals surface area (Å²) in [7, 11) is 0. The number of phenolic OH excluding ortho intramolecular Hbond substituents is 1. The zero-order valence-corrected chi connectivity index (χ0v) is 22.0. The first kappa shape index (κ1) is 25.1. The van der Waals surface area contributed by atoms with Crippen molar-refractivity contribution in [3.8, 4) is 5.75 Å². The predicted octanol–water partition coefficient (Wildman–Crippen LogP) is 8.91. The van der Waals surface area contributed by atoms with E-state index in [4.69, 9.17) is 0 Å². The SMILES string of the molecule is CC(C)CCc1ccccc1Cc1cc(O)cc(CC2CCCC(C3(C)C=CCC(C)C3)C2)c1. The van der Waals surface area contributed by atoms with Crippen LogP contribution in [0.1, 0.15) is 94.9 Å². The van der Waals surface area contributed by atoms with Gasteiger partial charge in [-0.1, -0.05) is 83.0 Å². The maximum atomic E-state index is 10.6. The molecule has 0 heterocycles. The molecule has 0 bridgehead atoms. The summed E-state index contributed by atoms with van der Waals surface area (Å²) in [4.78, 5) is 0. The summed E-state index contributed by atoms with van der Waals surface area (Å²) in [6, 6.07) is 15.2. The molecule has 0 amide bonds. The van der Waals surface area contributed by atoms with Gasteiger partial charge in [0.1, 0.15) is 5.75 Å². The molecule has 34 heavy (non-hydrogen) atoms. The molecule has 0 aliphatic heterocycles. The molecule has 1 N–H and O–H groups in total. The van der Waals surface area contributed by atoms with E-state index in [0.29, 0.717) is 17.1 Å². The maximum Gasteiger partial charge on any atom is 0.116 e. The third kappa shape index (κ3) is 6.55. The number of aryl methyl sites for hydroxylation is 1. The Morgan fingerprint density at radius 1 is 1.03 bits per heavy atom. The number of allylic oxidation sites excluding steroid dienone is 2. The fourth-order valence-corrected chi connectivity index (χ4v) is 6.78. The van der Waals surface area contributed by atoms with Gasteiger partial charge >= 0.3 is 0 Å². The summed E-state index contributed by atoms with van der Waals surface area (Å²) in [5.74, 6) is 3.49. The molecule has 1 heteroatoms. The molecule has 1 nitrogen and oxygen atoms in total. The first-order chi connectivity index (χ1) is 16.3. The van der Waals surface area contributed by atoms with Crippen LogP contribution in [0.25, 0.3) is 0 Å². The van der Waals surface area contributed by atoms with Gasteiger partial charge in [-0.3, -0.25) is 0 Å². The molecule has 4 unspecified atom stereocenters. The Bertz CT molecular complexity index is 970. The Hall–Kier alpha value is -2.02. The standard InChI is InChI=1S/C33H46O/c1-24(2)14-15-29-11-5-6-12-30(29)19-28-18-27(21-32(34)22-28)17-26-10-7-13-31(20-26)33(4)16-8-9-25(3)23-33/h5-6,8,11-12,16,18,21-22,24-26,31,34H,7,9-10,13-15,17,19-20,23H2,1-4H3. The van der Waals surface area contributed by atoms with Crippen LogP contribution in [0, 0.1) is 29.1 Å². The van der Waals surface area contributed by atoms with Crippen LogP contribution in [-0.4, -0.2) is 5.11 Å². The summed E-state index contributed by atoms with van der Waals surface area (Å²) in [6.45, 7) is 9.52. The number of hydrogen-bond acceptors (Lipinski definition) is 1. The summed E-state index contributed by atoms with van der Waals surface area (Å²) in [5.41, 5.74) is 5.80. The lowest BCUT2D eigenvalue weighted by Gasteiger charge is -2.43. The molecule has 2 aliphatic rings. The van der Waals surface area contributed by atoms with E-state index in [9.17, 15) is 5.11 Å². The largest absolute Gasteiger partial charge is 0.508 e. The Labute approximate surface area is 208 Å². The first-order valence-electron chi connectivity index (χ1n) is 13.9. The number of aromatic hydroxyl groups is 1. The van der Waals surface area contributed by atoms with Gasteiger partial charge in [0.15, 0.2) is 0 Å². The minimum atomic E-state index is 0.375. The van der Waals surface area contributed by atoms with Gasteiger partial charge in [-0.2, -0.15) is 0 Å². The average Bonchev–Trinajstić information content (AvgIpc) is 2.78. The Kier molecular flexibility index (Phi) is 8.22. The number of rotatable bonds is 8. The van der Waals surface area contributed by atoms with Crippen molar-refractivity contribution in [1.29, 1.82) is 0 Å². The lowest BCUT2D eigenvalue weighted by atomic mass is 9.61. The molecule has 2 aliphatic carbocycles. The van der Waals surface area contributed by atoms with Crippen molar-refractivity contribution < 1.29 is 5.11 Å². The molecular formula is C33H46O. The summed E-state index contributed by atoms with van der Waals surface area (Å²) in [6.07, 6.45) is 17.3. The van der Waals surface area contributed by atoms with E-state index in [0.717, 1.165) is 37.0 Å². The molecule has 0 saturated heterocycles. The van der Waals surface area contributed by atoms with Crippen molar-refractivity contribution in [1.82, 2.24) is 0 Å². The van der Waals surface area contributed by atoms with E-state index in [1.165, 1.54) is 67.2 Å². The van der Waals surface area contributed by atoms with E-state index in [2.05, 4.69) is 70.2 Å². The number of phenols is 1. The van der Waals surface area contributed by atoms with Gasteiger partial charge in [-0.25, -0.2) is 0 Å². The van der Waals surface area contributed by atoms with Gasteiger partial charge in [0, 0.05) is 0 Å². The molecule has 2 aromatic carbocycles. The normalized spacial score (nSPS) is 27.3. The highest BCUT2D eigenvalue weighted by Crippen LogP contribution is 2.48. The van der Waals surface area contributed by atoms with E-state index < -0.39 is 0 Å². The van der Waals surface area contributed by atoms with E-state index >= 15 is 0 Å². The number of benzene rings is 2. The molecule has 0 spiro atoms. The zero-order valence-electron chi connectivity index (χ0n) is 22.0. The van der Waals surface area contributed by atoms with Crippen molar-refractivity contribution in [3.63, 3.8) is 0 Å². The highest BCUT2D eigenvalue weighted by molar-refractivity contribution is 5.39. The number of hydrogen-bond donors (Lipinski definition) is 1. The second kappa shape index (κ2) is 11.1. The quantitative estimate of drug-likeness (QED) is 0.391. The second-order valence-electron chi connectivity index (χ2n) is 12.3. The fraction of sp³-hybridized carbons (Fsp3) is 0.576. The smallest absolute Gasteiger partial charge is 0.116 e. The predicted molar refractivity (Wildman–Crippen MR) is 145 cm³/mol. The van der Waals surface area contributed by atoms with Crippen molar-refractivity contribution >= 4 is 0 Å². The van der Waals surface area contributed by atoms with Crippen LogP contribution >= 0.6 is 0 Å². The molecule has 4 atom stereocenters. The highest BCUT2D eigenvalue weighted by Gasteiger charge is 2.37. The third-order valence-electron chi connectivity index (χ3n) is 8.61. The monoisotopic (exact) mass is 458 g/mol. The summed E-state index contributed by atoms with van der Waals surface area (Å²) in [5, 5.41) is 10.6. The van der Waals surface area contributed by atoms with Crippen LogP contribution in [-0.2, 0) is 19.3 Å². The molecule has 0 aromatic heterocycles. The van der Waals surface area contributed by atoms with Gasteiger partial charge in [-0.15, -0.1) is 0 Å². The van der Waals surface area contributed by atoms with Crippen molar-refractivity contribution in [3.05, 3.63) is 76.9 Å². The van der Waals surface area contributed by atoms with Crippen LogP contribution in [0.15, 0.2) is 54.6 Å². The van der Waals surface area contributed by atoms with Crippen molar-refractivity contribution in [2.75, 3.05) is 0 Å². The van der Waals surface area contributed by atoms with Crippen LogP contribution in [0.2, 0.25) is 0 Å². The van der Waals surface area contributed by atoms with Crippen molar-refractivity contribution in [2.45, 2.75) is 91.9 Å². The van der Waals surface area contributed by atoms with E-state index in [1.54, 1.807) is 0 Å². The van der Waals surface area contributed by atoms with Gasteiger partial charge in [-0.05, 0) is 115 Å². The lowest BCUT2D eigenvalue weighted by molar-refractivity contribution is 0.119. The average molecular weight is 459 g/mol. The lowest BCUT2D eigenvalue weighted by Crippen LogP contribution is -2.33. The molecular weight excluding hydrogens is 412 g/mol. The highest BCUT2D eigenvalue weighted by atomic mass is 16.3. The molecule has 4 rings (SSSR count). The fourth-order valence-electron chi connectivity index (χ4n) is 6.78. The van der Waals surface area contributed by atoms with Gasteiger partial charge in [0.2, 0.25) is 0 Å². The molecule has 184 valence electrons. The topological polar surface area (TPSA) is 20.2 Å². The van der Waals surface area contributed by atoms with Crippen LogP contribution < -0.4 is 0 Å². The minimum Gasteiger partial charge on any atom is -0.508 e. The van der Waals surface area contributed by atoms with Crippen molar-refractivity contribution in [2.24, 2.45) is 29.1 Å². The van der Waals surface area contributed by atoms with E-state index in [1.807, 2.05) is 12.1 Å². The maximum absolute atomic E-state index is 10.6. The summed E-state index contributed by atoms with van der Waals surface area (Å²) >= 11 is 0. The molecule has 0 radical (unpaired) electrons. The minimum absolute atomic E-state index is 0.375. The van der Waals surface area contributed by atoms with Crippen LogP contribution in [0.4, 0.5) is 0 Å². The summed E-state index contributed by atoms with van der Waals surface area (Å²) < 4.78 is 0. The van der Waals surface area contributed by atoms with Crippen LogP contribution in [0.3, 0.4) is 0 Å². The third-order valence-corrected chi connectivity index (χ3v) is 8.61. The zero-order chi connectivity index (χ0) is 24.1. The van der Waals surface area contributed by atoms with Gasteiger partial charge < -0.3 is 5.11 Å². The molecule has 2 aromatic rings. The molecule has 1 saturated carbocycles. The Morgan fingerprint density at radius 3 is 2.56 bits per heavy atom. The van der Waals surface area contributed by atoms with Crippen LogP contribution in [0.5, 0.6) is 5.75 Å². The van der Waals surface area contributed by atoms with Gasteiger partial charge in [0.25, 0.3) is 0 Å². The Morgan fingerprint density at radius 2 is 1.79 bits per heavy atom. The van der Waals surface area contributed by atoms with E-state index in [-0.39, 0.29) is 0 Å². The molecule has 1 fully saturated rings. The second-order valence-corrected chi connectivity index (χ2v) is 12.3. The Balaban J connectivity index is 1.45. The first-order valence-corrected chi connectivity index (χ1v) is 13.9. The van der Waals surface area contributed by atoms with Gasteiger partial charge in [0.05, 0.1) is 0 Å².